The molecule has 0 fully saturated rings. The largest absolute Gasteiger partial charge is 0.165 e. The highest BCUT2D eigenvalue weighted by Crippen LogP contribution is 2.04. The standard InChI is InChI=1S/C12H24S/c1-3-4-5-6-7-8-9-10-11-12-13-2/h8-9H,3-7,10-12H2,1-2H3/b9-8+. The van der Waals surface area contributed by atoms with Crippen LogP contribution >= 0.6 is 11.8 Å². The second kappa shape index (κ2) is 12.1. The Balaban J connectivity index is 2.95. The fourth-order valence-corrected chi connectivity index (χ4v) is 1.73. The van der Waals surface area contributed by atoms with E-state index >= 15 is 0 Å². The summed E-state index contributed by atoms with van der Waals surface area (Å²) in [4.78, 5) is 0. The van der Waals surface area contributed by atoms with Gasteiger partial charge in [-0.3, -0.25) is 0 Å². The molecule has 0 bridgehead atoms. The molecule has 0 radical (unpaired) electrons. The van der Waals surface area contributed by atoms with Gasteiger partial charge in [0.2, 0.25) is 0 Å². The smallest absolute Gasteiger partial charge is 0.00674 e. The average Bonchev–Trinajstić information content (AvgIpc) is 2.16. The summed E-state index contributed by atoms with van der Waals surface area (Å²) in [7, 11) is 0. The maximum atomic E-state index is 2.36. The van der Waals surface area contributed by atoms with E-state index in [1.165, 1.54) is 50.7 Å². The molecule has 0 nitrogen and oxygen atoms in total. The van der Waals surface area contributed by atoms with E-state index in [0.29, 0.717) is 0 Å². The molecule has 0 unspecified atom stereocenters. The molecule has 0 aromatic rings. The van der Waals surface area contributed by atoms with E-state index in [9.17, 15) is 0 Å². The Kier molecular flexibility index (Phi) is 12.2. The quantitative estimate of drug-likeness (QED) is 0.385. The Labute approximate surface area is 88.2 Å². The number of thioether (sulfide) groups is 1. The Bertz CT molecular complexity index is 108. The Morgan fingerprint density at radius 3 is 2.23 bits per heavy atom. The summed E-state index contributed by atoms with van der Waals surface area (Å²) >= 11 is 1.94. The van der Waals surface area contributed by atoms with Crippen molar-refractivity contribution in [3.05, 3.63) is 12.2 Å². The highest BCUT2D eigenvalue weighted by Gasteiger charge is 1.84. The van der Waals surface area contributed by atoms with Gasteiger partial charge in [-0.05, 0) is 37.7 Å². The average molecular weight is 200 g/mol. The van der Waals surface area contributed by atoms with Gasteiger partial charge < -0.3 is 0 Å². The Morgan fingerprint density at radius 1 is 0.923 bits per heavy atom. The number of hydrogen-bond donors (Lipinski definition) is 0. The fraction of sp³-hybridized carbons (Fsp3) is 0.833. The molecule has 0 aliphatic carbocycles. The predicted molar refractivity (Wildman–Crippen MR) is 65.5 cm³/mol. The molecule has 0 spiro atoms. The first-order chi connectivity index (χ1) is 6.41. The van der Waals surface area contributed by atoms with Gasteiger partial charge in [-0.2, -0.15) is 11.8 Å². The van der Waals surface area contributed by atoms with Crippen molar-refractivity contribution in [2.24, 2.45) is 0 Å². The SMILES string of the molecule is CCCCCC/C=C/CCCSC. The summed E-state index contributed by atoms with van der Waals surface area (Å²) in [6, 6.07) is 0. The summed E-state index contributed by atoms with van der Waals surface area (Å²) < 4.78 is 0. The lowest BCUT2D eigenvalue weighted by Gasteiger charge is -1.94. The molecule has 0 aromatic heterocycles. The van der Waals surface area contributed by atoms with Gasteiger partial charge in [-0.25, -0.2) is 0 Å². The van der Waals surface area contributed by atoms with E-state index in [1.807, 2.05) is 11.8 Å². The number of allylic oxidation sites excluding steroid dienone is 2. The summed E-state index contributed by atoms with van der Waals surface area (Å²) in [5, 5.41) is 0. The van der Waals surface area contributed by atoms with E-state index in [2.05, 4.69) is 25.3 Å². The number of rotatable bonds is 9. The zero-order chi connectivity index (χ0) is 9.78. The molecule has 78 valence electrons. The van der Waals surface area contributed by atoms with Crippen molar-refractivity contribution in [2.75, 3.05) is 12.0 Å². The Hall–Kier alpha value is 0.0900. The van der Waals surface area contributed by atoms with Crippen LogP contribution in [0.4, 0.5) is 0 Å². The van der Waals surface area contributed by atoms with Crippen molar-refractivity contribution < 1.29 is 0 Å². The third-order valence-electron chi connectivity index (χ3n) is 2.11. The van der Waals surface area contributed by atoms with Gasteiger partial charge in [0.1, 0.15) is 0 Å². The van der Waals surface area contributed by atoms with Crippen LogP contribution in [-0.4, -0.2) is 12.0 Å². The zero-order valence-corrected chi connectivity index (χ0v) is 10.0. The molecule has 0 amide bonds. The molecule has 0 N–H and O–H groups in total. The Morgan fingerprint density at radius 2 is 1.62 bits per heavy atom. The van der Waals surface area contributed by atoms with Gasteiger partial charge in [-0.1, -0.05) is 38.3 Å². The maximum Gasteiger partial charge on any atom is -0.00674 e. The van der Waals surface area contributed by atoms with Gasteiger partial charge >= 0.3 is 0 Å². The lowest BCUT2D eigenvalue weighted by molar-refractivity contribution is 0.673. The number of unbranched alkanes of at least 4 members (excludes halogenated alkanes) is 5. The minimum Gasteiger partial charge on any atom is -0.165 e. The molecule has 0 aliphatic heterocycles. The van der Waals surface area contributed by atoms with E-state index in [-0.39, 0.29) is 0 Å². The fourth-order valence-electron chi connectivity index (χ4n) is 1.27. The van der Waals surface area contributed by atoms with Crippen LogP contribution in [0, 0.1) is 0 Å². The van der Waals surface area contributed by atoms with Crippen molar-refractivity contribution in [2.45, 2.75) is 51.9 Å². The van der Waals surface area contributed by atoms with Crippen LogP contribution in [0.5, 0.6) is 0 Å². The summed E-state index contributed by atoms with van der Waals surface area (Å²) in [5.41, 5.74) is 0. The second-order valence-electron chi connectivity index (χ2n) is 3.46. The predicted octanol–water partition coefficient (Wildman–Crippen LogP) is 4.66. The topological polar surface area (TPSA) is 0 Å². The van der Waals surface area contributed by atoms with E-state index in [0.717, 1.165) is 0 Å². The van der Waals surface area contributed by atoms with Crippen LogP contribution in [0.15, 0.2) is 12.2 Å². The molecule has 13 heavy (non-hydrogen) atoms. The van der Waals surface area contributed by atoms with Crippen molar-refractivity contribution in [1.82, 2.24) is 0 Å². The first-order valence-corrected chi connectivity index (χ1v) is 6.95. The second-order valence-corrected chi connectivity index (χ2v) is 4.44. The minimum absolute atomic E-state index is 1.27. The number of hydrogen-bond acceptors (Lipinski definition) is 1. The molecular weight excluding hydrogens is 176 g/mol. The maximum absolute atomic E-state index is 2.36. The highest BCUT2D eigenvalue weighted by molar-refractivity contribution is 7.98. The van der Waals surface area contributed by atoms with E-state index in [4.69, 9.17) is 0 Å². The molecule has 0 rings (SSSR count). The molecular formula is C12H24S. The van der Waals surface area contributed by atoms with Crippen molar-refractivity contribution in [3.63, 3.8) is 0 Å². The van der Waals surface area contributed by atoms with Crippen LogP contribution < -0.4 is 0 Å². The van der Waals surface area contributed by atoms with Crippen LogP contribution in [0.1, 0.15) is 51.9 Å². The van der Waals surface area contributed by atoms with E-state index in [1.54, 1.807) is 0 Å². The molecule has 0 saturated carbocycles. The van der Waals surface area contributed by atoms with Gasteiger partial charge in [0.25, 0.3) is 0 Å². The lowest BCUT2D eigenvalue weighted by atomic mass is 10.1. The van der Waals surface area contributed by atoms with Gasteiger partial charge in [0.15, 0.2) is 0 Å². The van der Waals surface area contributed by atoms with Gasteiger partial charge in [0, 0.05) is 0 Å². The van der Waals surface area contributed by atoms with E-state index < -0.39 is 0 Å². The normalized spacial score (nSPS) is 11.2. The third-order valence-corrected chi connectivity index (χ3v) is 2.81. The third kappa shape index (κ3) is 12.1. The summed E-state index contributed by atoms with van der Waals surface area (Å²) in [6.07, 6.45) is 16.3. The van der Waals surface area contributed by atoms with Crippen molar-refractivity contribution >= 4 is 11.8 Å². The highest BCUT2D eigenvalue weighted by atomic mass is 32.2. The van der Waals surface area contributed by atoms with Crippen LogP contribution in [-0.2, 0) is 0 Å². The molecule has 0 aliphatic rings. The first-order valence-electron chi connectivity index (χ1n) is 5.55. The molecule has 0 saturated heterocycles. The molecule has 0 atom stereocenters. The molecule has 0 aromatic carbocycles. The monoisotopic (exact) mass is 200 g/mol. The summed E-state index contributed by atoms with van der Waals surface area (Å²) in [6.45, 7) is 2.26. The van der Waals surface area contributed by atoms with Crippen molar-refractivity contribution in [3.8, 4) is 0 Å². The van der Waals surface area contributed by atoms with Gasteiger partial charge in [0.05, 0.1) is 0 Å². The minimum atomic E-state index is 1.27. The molecule has 1 heteroatoms. The zero-order valence-electron chi connectivity index (χ0n) is 9.22. The van der Waals surface area contributed by atoms with Crippen LogP contribution in [0.3, 0.4) is 0 Å². The lowest BCUT2D eigenvalue weighted by Crippen LogP contribution is -1.76. The summed E-state index contributed by atoms with van der Waals surface area (Å²) in [5.74, 6) is 1.31. The van der Waals surface area contributed by atoms with Crippen molar-refractivity contribution in [1.29, 1.82) is 0 Å². The van der Waals surface area contributed by atoms with Crippen LogP contribution in [0.2, 0.25) is 0 Å². The first kappa shape index (κ1) is 13.1. The molecule has 0 heterocycles. The van der Waals surface area contributed by atoms with Gasteiger partial charge in [-0.15, -0.1) is 0 Å². The van der Waals surface area contributed by atoms with Crippen LogP contribution in [0.25, 0.3) is 0 Å².